The van der Waals surface area contributed by atoms with Crippen molar-refractivity contribution in [2.45, 2.75) is 71.1 Å². The lowest BCUT2D eigenvalue weighted by molar-refractivity contribution is -0.840. The average Bonchev–Trinajstić information content (AvgIpc) is 2.19. The first-order chi connectivity index (χ1) is 7.56. The maximum atomic E-state index is 11.3. The first-order valence-electron chi connectivity index (χ1n) is 7.10. The van der Waals surface area contributed by atoms with Gasteiger partial charge in [0, 0.05) is 0 Å². The molecule has 0 radical (unpaired) electrons. The molecule has 17 heavy (non-hydrogen) atoms. The molecule has 0 spiro atoms. The fourth-order valence-electron chi connectivity index (χ4n) is 1.98. The summed E-state index contributed by atoms with van der Waals surface area (Å²) in [7, 11) is 3.46. The highest BCUT2D eigenvalue weighted by atomic mass is 16.5. The number of unbranched alkanes of at least 4 members (excludes halogenated alkanes) is 9. The van der Waals surface area contributed by atoms with E-state index in [1.165, 1.54) is 57.8 Å². The van der Waals surface area contributed by atoms with Gasteiger partial charge in [0.05, 0.1) is 20.6 Å². The molecule has 0 heterocycles. The number of hydroxylamine groups is 3. The summed E-state index contributed by atoms with van der Waals surface area (Å²) < 4.78 is -0.128. The molecule has 3 nitrogen and oxygen atoms in total. The summed E-state index contributed by atoms with van der Waals surface area (Å²) in [5.74, 6) is 0. The minimum absolute atomic E-state index is 0. The molecule has 0 aliphatic heterocycles. The van der Waals surface area contributed by atoms with Gasteiger partial charge in [-0.15, -0.1) is 0 Å². The van der Waals surface area contributed by atoms with E-state index in [1.807, 2.05) is 0 Å². The van der Waals surface area contributed by atoms with Gasteiger partial charge in [-0.2, -0.15) is 0 Å². The van der Waals surface area contributed by atoms with Gasteiger partial charge >= 0.3 is 0 Å². The smallest absolute Gasteiger partial charge is 0.0779 e. The number of hydrogen-bond donors (Lipinski definition) is 0. The minimum atomic E-state index is -0.128. The molecule has 0 saturated heterocycles. The topological polar surface area (TPSA) is 54.6 Å². The summed E-state index contributed by atoms with van der Waals surface area (Å²) in [4.78, 5) is 0. The minimum Gasteiger partial charge on any atom is -0.633 e. The second-order valence-corrected chi connectivity index (χ2v) is 5.48. The molecule has 0 aromatic rings. The molecule has 0 aromatic carbocycles. The Morgan fingerprint density at radius 2 is 1.06 bits per heavy atom. The van der Waals surface area contributed by atoms with Gasteiger partial charge in [0.15, 0.2) is 0 Å². The fourth-order valence-corrected chi connectivity index (χ4v) is 1.98. The number of nitrogens with zero attached hydrogens (tertiary/aromatic N) is 1. The van der Waals surface area contributed by atoms with Gasteiger partial charge in [-0.3, -0.25) is 0 Å². The van der Waals surface area contributed by atoms with E-state index < -0.39 is 0 Å². The first kappa shape index (κ1) is 19.2. The molecule has 2 N–H and O–H groups in total. The molecule has 0 amide bonds. The van der Waals surface area contributed by atoms with Crippen LogP contribution in [0.3, 0.4) is 0 Å². The maximum Gasteiger partial charge on any atom is 0.0779 e. The van der Waals surface area contributed by atoms with Gasteiger partial charge in [0.2, 0.25) is 0 Å². The van der Waals surface area contributed by atoms with Crippen molar-refractivity contribution in [1.29, 1.82) is 0 Å². The summed E-state index contributed by atoms with van der Waals surface area (Å²) in [6.07, 6.45) is 13.4. The van der Waals surface area contributed by atoms with Crippen molar-refractivity contribution in [2.24, 2.45) is 0 Å². The monoisotopic (exact) mass is 247 g/mol. The standard InChI is InChI=1S/C14H31NO.H2O/c1-4-5-6-7-8-9-10-11-12-13-14-15(2,3)16;/h4-14H2,1-3H3;1H2. The van der Waals surface area contributed by atoms with Gasteiger partial charge in [0.1, 0.15) is 0 Å². The number of rotatable bonds is 11. The Morgan fingerprint density at radius 1 is 0.706 bits per heavy atom. The zero-order chi connectivity index (χ0) is 12.3. The average molecular weight is 247 g/mol. The Hall–Kier alpha value is -0.120. The predicted molar refractivity (Wildman–Crippen MR) is 75.8 cm³/mol. The third-order valence-corrected chi connectivity index (χ3v) is 3.05. The van der Waals surface area contributed by atoms with Crippen molar-refractivity contribution in [1.82, 2.24) is 0 Å². The SMILES string of the molecule is CCCCCCCCCCCC[N+](C)(C)[O-].O. The predicted octanol–water partition coefficient (Wildman–Crippen LogP) is 3.66. The molecule has 0 aliphatic rings. The van der Waals surface area contributed by atoms with Gasteiger partial charge in [-0.05, 0) is 12.8 Å². The van der Waals surface area contributed by atoms with Crippen molar-refractivity contribution < 1.29 is 10.1 Å². The fraction of sp³-hybridized carbons (Fsp3) is 1.00. The van der Waals surface area contributed by atoms with E-state index in [4.69, 9.17) is 0 Å². The summed E-state index contributed by atoms with van der Waals surface area (Å²) in [6.45, 7) is 3.03. The number of quaternary nitrogens is 1. The third-order valence-electron chi connectivity index (χ3n) is 3.05. The summed E-state index contributed by atoms with van der Waals surface area (Å²) in [6, 6.07) is 0. The van der Waals surface area contributed by atoms with Crippen molar-refractivity contribution >= 4 is 0 Å². The Bertz CT molecular complexity index is 144. The van der Waals surface area contributed by atoms with Crippen molar-refractivity contribution in [3.8, 4) is 0 Å². The van der Waals surface area contributed by atoms with Crippen molar-refractivity contribution in [2.75, 3.05) is 20.6 Å². The summed E-state index contributed by atoms with van der Waals surface area (Å²) in [5, 5.41) is 11.3. The largest absolute Gasteiger partial charge is 0.633 e. The Balaban J connectivity index is 0. The zero-order valence-electron chi connectivity index (χ0n) is 12.1. The summed E-state index contributed by atoms with van der Waals surface area (Å²) in [5.41, 5.74) is 0. The van der Waals surface area contributed by atoms with E-state index in [-0.39, 0.29) is 10.1 Å². The zero-order valence-corrected chi connectivity index (χ0v) is 12.1. The second-order valence-electron chi connectivity index (χ2n) is 5.48. The number of hydrogen-bond acceptors (Lipinski definition) is 1. The normalized spacial score (nSPS) is 11.3. The molecule has 0 aromatic heterocycles. The van der Waals surface area contributed by atoms with E-state index >= 15 is 0 Å². The van der Waals surface area contributed by atoms with Crippen LogP contribution < -0.4 is 0 Å². The lowest BCUT2D eigenvalue weighted by Gasteiger charge is -2.33. The van der Waals surface area contributed by atoms with Gasteiger partial charge in [-0.1, -0.05) is 58.3 Å². The molecule has 0 atom stereocenters. The lowest BCUT2D eigenvalue weighted by atomic mass is 10.1. The highest BCUT2D eigenvalue weighted by molar-refractivity contribution is 4.47. The highest BCUT2D eigenvalue weighted by Crippen LogP contribution is 2.11. The van der Waals surface area contributed by atoms with E-state index in [0.717, 1.165) is 13.0 Å². The van der Waals surface area contributed by atoms with Crippen LogP contribution in [0.4, 0.5) is 0 Å². The molecule has 106 valence electrons. The Kier molecular flexibility index (Phi) is 14.0. The van der Waals surface area contributed by atoms with Crippen LogP contribution in [0.5, 0.6) is 0 Å². The quantitative estimate of drug-likeness (QED) is 0.312. The van der Waals surface area contributed by atoms with Crippen LogP contribution in [0, 0.1) is 5.21 Å². The third kappa shape index (κ3) is 18.4. The Labute approximate surface area is 108 Å². The molecule has 0 rings (SSSR count). The molecule has 0 saturated carbocycles. The maximum absolute atomic E-state index is 11.3. The van der Waals surface area contributed by atoms with Crippen LogP contribution in [0.15, 0.2) is 0 Å². The van der Waals surface area contributed by atoms with Crippen LogP contribution in [0.2, 0.25) is 0 Å². The molecular formula is C14H33NO2. The summed E-state index contributed by atoms with van der Waals surface area (Å²) >= 11 is 0. The molecule has 0 bridgehead atoms. The van der Waals surface area contributed by atoms with Crippen LogP contribution in [0.1, 0.15) is 71.1 Å². The van der Waals surface area contributed by atoms with Gasteiger partial charge in [0.25, 0.3) is 0 Å². The van der Waals surface area contributed by atoms with E-state index in [9.17, 15) is 5.21 Å². The van der Waals surface area contributed by atoms with E-state index in [0.29, 0.717) is 0 Å². The van der Waals surface area contributed by atoms with E-state index in [1.54, 1.807) is 14.1 Å². The molecule has 0 fully saturated rings. The molecular weight excluding hydrogens is 214 g/mol. The molecule has 0 aliphatic carbocycles. The van der Waals surface area contributed by atoms with Crippen LogP contribution in [0.25, 0.3) is 0 Å². The van der Waals surface area contributed by atoms with Gasteiger partial charge < -0.3 is 15.3 Å². The highest BCUT2D eigenvalue weighted by Gasteiger charge is 2.00. The van der Waals surface area contributed by atoms with Crippen LogP contribution in [-0.4, -0.2) is 30.8 Å². The van der Waals surface area contributed by atoms with Crippen molar-refractivity contribution in [3.63, 3.8) is 0 Å². The lowest BCUT2D eigenvalue weighted by Crippen LogP contribution is -2.32. The second kappa shape index (κ2) is 12.3. The van der Waals surface area contributed by atoms with E-state index in [2.05, 4.69) is 6.92 Å². The van der Waals surface area contributed by atoms with Crippen molar-refractivity contribution in [3.05, 3.63) is 5.21 Å². The van der Waals surface area contributed by atoms with Gasteiger partial charge in [-0.25, -0.2) is 0 Å². The molecule has 0 unspecified atom stereocenters. The van der Waals surface area contributed by atoms with Crippen LogP contribution in [-0.2, 0) is 0 Å². The Morgan fingerprint density at radius 3 is 1.41 bits per heavy atom. The molecule has 3 heteroatoms. The first-order valence-corrected chi connectivity index (χ1v) is 7.10. The van der Waals surface area contributed by atoms with Crippen LogP contribution >= 0.6 is 0 Å².